The van der Waals surface area contributed by atoms with Crippen LogP contribution in [0.25, 0.3) is 33.7 Å². The van der Waals surface area contributed by atoms with Crippen molar-refractivity contribution in [3.63, 3.8) is 0 Å². The maximum absolute atomic E-state index is 2.56. The molecule has 158 valence electrons. The third-order valence-electron chi connectivity index (χ3n) is 6.83. The monoisotopic (exact) mass is 532 g/mol. The quantitative estimate of drug-likeness (QED) is 0.344. The maximum Gasteiger partial charge on any atom is -1.00 e. The molecule has 32 heavy (non-hydrogen) atoms. The van der Waals surface area contributed by atoms with Gasteiger partial charge in [0.1, 0.15) is 0 Å². The van der Waals surface area contributed by atoms with Crippen LogP contribution < -0.4 is 24.8 Å². The van der Waals surface area contributed by atoms with E-state index in [1.165, 1.54) is 32.7 Å². The maximum atomic E-state index is 2.56. The minimum Gasteiger partial charge on any atom is -1.00 e. The largest absolute Gasteiger partial charge is 1.00 e. The predicted molar refractivity (Wildman–Crippen MR) is 128 cm³/mol. The smallest absolute Gasteiger partial charge is 1.00 e. The molecule has 6 rings (SSSR count). The van der Waals surface area contributed by atoms with Gasteiger partial charge in [-0.05, 0) is 0 Å². The van der Waals surface area contributed by atoms with Crippen LogP contribution in [0.5, 0.6) is 0 Å². The van der Waals surface area contributed by atoms with Crippen molar-refractivity contribution in [2.24, 2.45) is 0 Å². The Morgan fingerprint density at radius 2 is 1.19 bits per heavy atom. The molecule has 3 heteroatoms. The Kier molecular flexibility index (Phi) is 6.74. The molecule has 4 aromatic rings. The van der Waals surface area contributed by atoms with Crippen molar-refractivity contribution in [2.75, 3.05) is 0 Å². The van der Waals surface area contributed by atoms with Crippen molar-refractivity contribution in [1.82, 2.24) is 0 Å². The summed E-state index contributed by atoms with van der Waals surface area (Å²) in [5.41, 5.74) is 6.04. The van der Waals surface area contributed by atoms with Crippen molar-refractivity contribution in [1.29, 1.82) is 0 Å². The number of hydrogen-bond donors (Lipinski definition) is 0. The number of fused-ring (bicyclic) bond motifs is 7. The topological polar surface area (TPSA) is 0 Å². The minimum atomic E-state index is -2.07. The van der Waals surface area contributed by atoms with Gasteiger partial charge in [0.15, 0.2) is 0 Å². The summed E-state index contributed by atoms with van der Waals surface area (Å²) in [4.78, 5) is 0. The molecule has 4 aromatic carbocycles. The van der Waals surface area contributed by atoms with Gasteiger partial charge in [0, 0.05) is 0 Å². The van der Waals surface area contributed by atoms with Crippen LogP contribution in [0, 0.1) is 0 Å². The predicted octanol–water partition coefficient (Wildman–Crippen LogP) is 1.67. The molecule has 0 N–H and O–H groups in total. The van der Waals surface area contributed by atoms with E-state index in [1.807, 2.05) is 0 Å². The van der Waals surface area contributed by atoms with Gasteiger partial charge in [-0.15, -0.1) is 0 Å². The zero-order chi connectivity index (χ0) is 20.2. The van der Waals surface area contributed by atoms with Crippen molar-refractivity contribution in [3.05, 3.63) is 107 Å². The Morgan fingerprint density at radius 1 is 0.625 bits per heavy atom. The SMILES string of the molecule is C[C](C)=[Zr+2]([CH]1C=Cc2ccccc21)[CH]1C=Cc2c1c1ccccc1c1ccccc21.[Cl-].[Cl-]. The Labute approximate surface area is 210 Å². The van der Waals surface area contributed by atoms with Crippen LogP contribution in [0.3, 0.4) is 0 Å². The summed E-state index contributed by atoms with van der Waals surface area (Å²) in [6.45, 7) is 4.80. The van der Waals surface area contributed by atoms with E-state index >= 15 is 0 Å². The van der Waals surface area contributed by atoms with Crippen LogP contribution >= 0.6 is 0 Å². The zero-order valence-corrected chi connectivity index (χ0v) is 22.1. The fourth-order valence-corrected chi connectivity index (χ4v) is 14.1. The van der Waals surface area contributed by atoms with Gasteiger partial charge in [-0.2, -0.15) is 0 Å². The van der Waals surface area contributed by atoms with Crippen LogP contribution in [0.2, 0.25) is 0 Å². The standard InChI is InChI=1S/C17H11.C9H7.C3H6.2ClH.Zr/c1-3-8-14-12(6-1)13-7-2-4-9-15(13)17-11-5-10-16(14)17;1-2-5-9-7-3-6-8(9)4-1;1-3-2;;;/h1-11H;1-7H;1-2H3;2*1H;/q;;;;;+2/p-2. The van der Waals surface area contributed by atoms with E-state index in [9.17, 15) is 0 Å². The molecule has 0 fully saturated rings. The average Bonchev–Trinajstić information content (AvgIpc) is 3.40. The minimum absolute atomic E-state index is 0. The van der Waals surface area contributed by atoms with Gasteiger partial charge in [0.2, 0.25) is 0 Å². The van der Waals surface area contributed by atoms with E-state index in [1.54, 1.807) is 14.3 Å². The van der Waals surface area contributed by atoms with Crippen molar-refractivity contribution in [3.8, 4) is 0 Å². The summed E-state index contributed by atoms with van der Waals surface area (Å²) in [6.07, 6.45) is 9.87. The molecule has 2 aliphatic carbocycles. The first kappa shape index (κ1) is 23.4. The molecule has 0 amide bonds. The summed E-state index contributed by atoms with van der Waals surface area (Å²) in [7, 11) is 0. The summed E-state index contributed by atoms with van der Waals surface area (Å²) >= 11 is -2.07. The molecule has 2 unspecified atom stereocenters. The summed E-state index contributed by atoms with van der Waals surface area (Å²) < 4.78 is 2.91. The zero-order valence-electron chi connectivity index (χ0n) is 18.1. The van der Waals surface area contributed by atoms with Crippen LogP contribution in [-0.4, -0.2) is 3.21 Å². The third-order valence-corrected chi connectivity index (χ3v) is 15.4. The molecule has 0 spiro atoms. The number of benzene rings is 4. The second kappa shape index (κ2) is 9.22. The molecular weight excluding hydrogens is 510 g/mol. The van der Waals surface area contributed by atoms with Crippen molar-refractivity contribution in [2.45, 2.75) is 21.1 Å². The van der Waals surface area contributed by atoms with Gasteiger partial charge in [0.25, 0.3) is 0 Å². The van der Waals surface area contributed by atoms with Gasteiger partial charge in [0.05, 0.1) is 0 Å². The third kappa shape index (κ3) is 3.50. The fraction of sp³-hybridized carbons (Fsp3) is 0.138. The second-order valence-electron chi connectivity index (χ2n) is 8.68. The molecular formula is C29H24Cl2Zr. The molecule has 0 aliphatic heterocycles. The van der Waals surface area contributed by atoms with Gasteiger partial charge >= 0.3 is 186 Å². The molecule has 2 aliphatic rings. The molecule has 0 radical (unpaired) electrons. The van der Waals surface area contributed by atoms with E-state index < -0.39 is 21.3 Å². The Hall–Kier alpha value is -1.79. The molecule has 0 aromatic heterocycles. The summed E-state index contributed by atoms with van der Waals surface area (Å²) in [6, 6.07) is 27.0. The molecule has 0 saturated heterocycles. The van der Waals surface area contributed by atoms with Crippen LogP contribution in [0.15, 0.2) is 84.9 Å². The van der Waals surface area contributed by atoms with Gasteiger partial charge < -0.3 is 24.8 Å². The molecule has 2 atom stereocenters. The first-order valence-corrected chi connectivity index (χ1v) is 14.9. The molecule has 0 nitrogen and oxygen atoms in total. The average molecular weight is 535 g/mol. The Morgan fingerprint density at radius 3 is 1.91 bits per heavy atom. The molecule has 0 saturated carbocycles. The molecule has 0 heterocycles. The number of allylic oxidation sites excluding steroid dienone is 2. The fourth-order valence-electron chi connectivity index (χ4n) is 5.59. The van der Waals surface area contributed by atoms with Crippen LogP contribution in [-0.2, 0) is 21.3 Å². The number of hydrogen-bond acceptors (Lipinski definition) is 0. The first-order chi connectivity index (χ1) is 14.7. The van der Waals surface area contributed by atoms with Gasteiger partial charge in [-0.1, -0.05) is 0 Å². The van der Waals surface area contributed by atoms with Crippen LogP contribution in [0.4, 0.5) is 0 Å². The first-order valence-electron chi connectivity index (χ1n) is 10.8. The van der Waals surface area contributed by atoms with E-state index in [-0.39, 0.29) is 24.8 Å². The Bertz CT molecular complexity index is 1420. The second-order valence-corrected chi connectivity index (χ2v) is 16.4. The van der Waals surface area contributed by atoms with Crippen LogP contribution in [0.1, 0.15) is 43.4 Å². The van der Waals surface area contributed by atoms with E-state index in [0.717, 1.165) is 0 Å². The van der Waals surface area contributed by atoms with E-state index in [0.29, 0.717) is 7.25 Å². The van der Waals surface area contributed by atoms with E-state index in [2.05, 4.69) is 111 Å². The summed E-state index contributed by atoms with van der Waals surface area (Å²) in [5, 5.41) is 5.64. The van der Waals surface area contributed by atoms with E-state index in [4.69, 9.17) is 0 Å². The van der Waals surface area contributed by atoms with Gasteiger partial charge in [-0.3, -0.25) is 0 Å². The number of rotatable bonds is 2. The normalized spacial score (nSPS) is 17.3. The number of halogens is 2. The van der Waals surface area contributed by atoms with Crippen molar-refractivity contribution >= 4 is 36.9 Å². The Balaban J connectivity index is 0.00000122. The molecule has 0 bridgehead atoms. The van der Waals surface area contributed by atoms with Crippen molar-refractivity contribution < 1.29 is 46.1 Å². The summed E-state index contributed by atoms with van der Waals surface area (Å²) in [5.74, 6) is 0. The van der Waals surface area contributed by atoms with Gasteiger partial charge in [-0.25, -0.2) is 0 Å².